The second kappa shape index (κ2) is 8.01. The van der Waals surface area contributed by atoms with E-state index < -0.39 is 0 Å². The van der Waals surface area contributed by atoms with Crippen LogP contribution in [0, 0.1) is 5.92 Å². The molecule has 0 saturated carbocycles. The van der Waals surface area contributed by atoms with Crippen LogP contribution in [0.1, 0.15) is 19.8 Å². The summed E-state index contributed by atoms with van der Waals surface area (Å²) in [4.78, 5) is 2.40. The number of aliphatic hydroxyl groups excluding tert-OH is 1. The highest BCUT2D eigenvalue weighted by Crippen LogP contribution is 2.08. The normalized spacial score (nSPS) is 22.9. The molecule has 0 aromatic rings. The molecule has 0 aromatic heterocycles. The Balaban J connectivity index is 2.29. The van der Waals surface area contributed by atoms with Gasteiger partial charge < -0.3 is 15.2 Å². The molecule has 16 heavy (non-hydrogen) atoms. The highest BCUT2D eigenvalue weighted by Gasteiger charge is 2.18. The van der Waals surface area contributed by atoms with Gasteiger partial charge in [-0.25, -0.2) is 0 Å². The molecule has 1 saturated heterocycles. The second-order valence-electron chi connectivity index (χ2n) is 4.83. The van der Waals surface area contributed by atoms with E-state index in [1.807, 2.05) is 0 Å². The van der Waals surface area contributed by atoms with E-state index in [2.05, 4.69) is 17.1 Å². The lowest BCUT2D eigenvalue weighted by Crippen LogP contribution is -2.41. The van der Waals surface area contributed by atoms with Gasteiger partial charge in [0.15, 0.2) is 0 Å². The number of rotatable bonds is 8. The summed E-state index contributed by atoms with van der Waals surface area (Å²) in [7, 11) is 1.74. The zero-order valence-electron chi connectivity index (χ0n) is 10.6. The molecule has 0 spiro atoms. The molecule has 1 aliphatic heterocycles. The van der Waals surface area contributed by atoms with E-state index >= 15 is 0 Å². The van der Waals surface area contributed by atoms with E-state index in [1.165, 1.54) is 12.8 Å². The summed E-state index contributed by atoms with van der Waals surface area (Å²) >= 11 is 0. The summed E-state index contributed by atoms with van der Waals surface area (Å²) < 4.78 is 5.13. The van der Waals surface area contributed by atoms with E-state index in [-0.39, 0.29) is 6.61 Å². The highest BCUT2D eigenvalue weighted by molar-refractivity contribution is 4.78. The predicted molar refractivity (Wildman–Crippen MR) is 65.6 cm³/mol. The van der Waals surface area contributed by atoms with Crippen LogP contribution in [0.4, 0.5) is 0 Å². The van der Waals surface area contributed by atoms with Gasteiger partial charge in [0.2, 0.25) is 0 Å². The lowest BCUT2D eigenvalue weighted by molar-refractivity contribution is 0.118. The number of ether oxygens (including phenoxy) is 1. The molecule has 4 heteroatoms. The number of nitrogens with one attached hydrogen (secondary N) is 1. The minimum atomic E-state index is 0.265. The smallest absolute Gasteiger partial charge is 0.0589 e. The van der Waals surface area contributed by atoms with Gasteiger partial charge in [0, 0.05) is 39.4 Å². The molecule has 96 valence electrons. The summed E-state index contributed by atoms with van der Waals surface area (Å²) in [6.07, 6.45) is 2.56. The SMILES string of the molecule is COCCN(CC(C)CO)CC1CCCN1. The largest absolute Gasteiger partial charge is 0.396 e. The Labute approximate surface area is 99.0 Å². The van der Waals surface area contributed by atoms with Crippen molar-refractivity contribution in [3.8, 4) is 0 Å². The van der Waals surface area contributed by atoms with Crippen LogP contribution in [0.5, 0.6) is 0 Å². The minimum absolute atomic E-state index is 0.265. The van der Waals surface area contributed by atoms with E-state index in [9.17, 15) is 0 Å². The third-order valence-corrected chi connectivity index (χ3v) is 3.13. The third-order valence-electron chi connectivity index (χ3n) is 3.13. The third kappa shape index (κ3) is 5.25. The van der Waals surface area contributed by atoms with Gasteiger partial charge in [0.05, 0.1) is 6.61 Å². The Morgan fingerprint density at radius 2 is 2.38 bits per heavy atom. The van der Waals surface area contributed by atoms with Crippen molar-refractivity contribution in [2.24, 2.45) is 5.92 Å². The molecule has 0 bridgehead atoms. The van der Waals surface area contributed by atoms with Crippen molar-refractivity contribution in [2.45, 2.75) is 25.8 Å². The summed E-state index contributed by atoms with van der Waals surface area (Å²) in [6.45, 7) is 7.26. The van der Waals surface area contributed by atoms with Crippen molar-refractivity contribution < 1.29 is 9.84 Å². The molecule has 1 heterocycles. The number of nitrogens with zero attached hydrogens (tertiary/aromatic N) is 1. The van der Waals surface area contributed by atoms with Crippen LogP contribution < -0.4 is 5.32 Å². The number of methoxy groups -OCH3 is 1. The molecule has 1 aliphatic rings. The number of hydrogen-bond donors (Lipinski definition) is 2. The maximum atomic E-state index is 9.10. The molecule has 2 unspecified atom stereocenters. The number of aliphatic hydroxyl groups is 1. The van der Waals surface area contributed by atoms with Crippen LogP contribution in [0.3, 0.4) is 0 Å². The van der Waals surface area contributed by atoms with Crippen molar-refractivity contribution in [1.82, 2.24) is 10.2 Å². The zero-order chi connectivity index (χ0) is 11.8. The summed E-state index contributed by atoms with van der Waals surface area (Å²) in [5, 5.41) is 12.6. The summed E-state index contributed by atoms with van der Waals surface area (Å²) in [5.74, 6) is 0.346. The fourth-order valence-corrected chi connectivity index (χ4v) is 2.20. The molecule has 1 rings (SSSR count). The molecule has 0 aromatic carbocycles. The van der Waals surface area contributed by atoms with Gasteiger partial charge in [-0.2, -0.15) is 0 Å². The lowest BCUT2D eigenvalue weighted by atomic mass is 10.1. The number of hydrogen-bond acceptors (Lipinski definition) is 4. The average molecular weight is 230 g/mol. The van der Waals surface area contributed by atoms with Crippen molar-refractivity contribution >= 4 is 0 Å². The Bertz CT molecular complexity index is 172. The van der Waals surface area contributed by atoms with E-state index in [0.29, 0.717) is 12.0 Å². The Morgan fingerprint density at radius 3 is 2.94 bits per heavy atom. The maximum Gasteiger partial charge on any atom is 0.0589 e. The van der Waals surface area contributed by atoms with E-state index in [1.54, 1.807) is 7.11 Å². The van der Waals surface area contributed by atoms with Crippen molar-refractivity contribution in [3.63, 3.8) is 0 Å². The minimum Gasteiger partial charge on any atom is -0.396 e. The van der Waals surface area contributed by atoms with Crippen LogP contribution >= 0.6 is 0 Å². The summed E-state index contributed by atoms with van der Waals surface area (Å²) in [5.41, 5.74) is 0. The van der Waals surface area contributed by atoms with Gasteiger partial charge in [0.25, 0.3) is 0 Å². The second-order valence-corrected chi connectivity index (χ2v) is 4.83. The zero-order valence-corrected chi connectivity index (χ0v) is 10.6. The molecular weight excluding hydrogens is 204 g/mol. The molecule has 4 nitrogen and oxygen atoms in total. The molecule has 1 fully saturated rings. The Hall–Kier alpha value is -0.160. The van der Waals surface area contributed by atoms with E-state index in [0.717, 1.165) is 32.8 Å². The first-order chi connectivity index (χ1) is 7.76. The van der Waals surface area contributed by atoms with Gasteiger partial charge in [-0.05, 0) is 25.3 Å². The highest BCUT2D eigenvalue weighted by atomic mass is 16.5. The van der Waals surface area contributed by atoms with Crippen LogP contribution in [0.15, 0.2) is 0 Å². The Kier molecular flexibility index (Phi) is 6.96. The van der Waals surface area contributed by atoms with Crippen molar-refractivity contribution in [2.75, 3.05) is 46.5 Å². The standard InChI is InChI=1S/C12H26N2O2/c1-11(10-15)8-14(6-7-16-2)9-12-4-3-5-13-12/h11-13,15H,3-10H2,1-2H3. The van der Waals surface area contributed by atoms with Gasteiger partial charge in [0.1, 0.15) is 0 Å². The van der Waals surface area contributed by atoms with Crippen LogP contribution in [-0.4, -0.2) is 62.6 Å². The fraction of sp³-hybridized carbons (Fsp3) is 1.00. The van der Waals surface area contributed by atoms with Gasteiger partial charge in [-0.3, -0.25) is 4.90 Å². The fourth-order valence-electron chi connectivity index (χ4n) is 2.20. The molecule has 0 aliphatic carbocycles. The lowest BCUT2D eigenvalue weighted by Gasteiger charge is -2.27. The van der Waals surface area contributed by atoms with Crippen LogP contribution in [0.2, 0.25) is 0 Å². The van der Waals surface area contributed by atoms with Gasteiger partial charge in [-0.15, -0.1) is 0 Å². The predicted octanol–water partition coefficient (Wildman–Crippen LogP) is 0.315. The van der Waals surface area contributed by atoms with Gasteiger partial charge in [-0.1, -0.05) is 6.92 Å². The van der Waals surface area contributed by atoms with Crippen molar-refractivity contribution in [3.05, 3.63) is 0 Å². The van der Waals surface area contributed by atoms with Gasteiger partial charge >= 0.3 is 0 Å². The monoisotopic (exact) mass is 230 g/mol. The average Bonchev–Trinajstić information content (AvgIpc) is 2.78. The Morgan fingerprint density at radius 1 is 1.56 bits per heavy atom. The first-order valence-corrected chi connectivity index (χ1v) is 6.31. The summed E-state index contributed by atoms with van der Waals surface area (Å²) in [6, 6.07) is 0.628. The van der Waals surface area contributed by atoms with Crippen LogP contribution in [0.25, 0.3) is 0 Å². The first kappa shape index (κ1) is 13.9. The maximum absolute atomic E-state index is 9.10. The molecular formula is C12H26N2O2. The molecule has 0 amide bonds. The molecule has 2 N–H and O–H groups in total. The topological polar surface area (TPSA) is 44.7 Å². The molecule has 0 radical (unpaired) electrons. The molecule has 2 atom stereocenters. The first-order valence-electron chi connectivity index (χ1n) is 6.31. The quantitative estimate of drug-likeness (QED) is 0.630. The van der Waals surface area contributed by atoms with Crippen LogP contribution in [-0.2, 0) is 4.74 Å². The van der Waals surface area contributed by atoms with E-state index in [4.69, 9.17) is 9.84 Å². The van der Waals surface area contributed by atoms with Crippen molar-refractivity contribution in [1.29, 1.82) is 0 Å².